The number of pyridine rings is 2. The van der Waals surface area contributed by atoms with Crippen LogP contribution in [0.1, 0.15) is 19.8 Å². The lowest BCUT2D eigenvalue weighted by atomic mass is 9.96. The van der Waals surface area contributed by atoms with Crippen molar-refractivity contribution in [2.45, 2.75) is 44.0 Å². The molecule has 2 aromatic heterocycles. The van der Waals surface area contributed by atoms with Crippen LogP contribution >= 0.6 is 11.6 Å². The Balaban J connectivity index is 1.37. The van der Waals surface area contributed by atoms with Crippen molar-refractivity contribution in [2.75, 3.05) is 43.0 Å². The number of rotatable bonds is 2. The molecule has 4 aliphatic heterocycles. The molecule has 0 aliphatic carbocycles. The van der Waals surface area contributed by atoms with Gasteiger partial charge in [-0.3, -0.25) is 14.7 Å². The Morgan fingerprint density at radius 3 is 2.78 bits per heavy atom. The van der Waals surface area contributed by atoms with Crippen molar-refractivity contribution in [3.05, 3.63) is 53.4 Å². The van der Waals surface area contributed by atoms with E-state index in [1.807, 2.05) is 35.2 Å². The number of likely N-dealkylation sites (N-methyl/N-ethyl adjacent to an activating group) is 1. The van der Waals surface area contributed by atoms with E-state index in [1.165, 1.54) is 0 Å². The Morgan fingerprint density at radius 2 is 1.98 bits per heavy atom. The number of piperazine rings is 1. The SMILES string of the molecule is C[C@@H]1CN2c3c4c(nc5c(F)c(-c6cccc7cccc(Cl)c67)ncc35)O[C@@H]([C@@H]3CCCN3C)CN4C(=O)[C@H]2CN1. The molecule has 1 N–H and O–H groups in total. The van der Waals surface area contributed by atoms with Crippen LogP contribution in [0.2, 0.25) is 5.02 Å². The monoisotopic (exact) mass is 572 g/mol. The van der Waals surface area contributed by atoms with E-state index in [0.29, 0.717) is 47.2 Å². The molecule has 10 heteroatoms. The third-order valence-electron chi connectivity index (χ3n) is 9.24. The fourth-order valence-corrected chi connectivity index (χ4v) is 7.54. The van der Waals surface area contributed by atoms with E-state index in [0.717, 1.165) is 35.8 Å². The van der Waals surface area contributed by atoms with Crippen LogP contribution in [-0.2, 0) is 4.79 Å². The van der Waals surface area contributed by atoms with Crippen molar-refractivity contribution in [2.24, 2.45) is 0 Å². The molecule has 4 atom stereocenters. The number of likely N-dealkylation sites (tertiary alicyclic amines) is 1. The molecule has 4 aliphatic rings. The minimum atomic E-state index is -0.527. The molecule has 1 amide bonds. The van der Waals surface area contributed by atoms with E-state index in [1.54, 1.807) is 12.3 Å². The van der Waals surface area contributed by atoms with E-state index >= 15 is 4.39 Å². The van der Waals surface area contributed by atoms with Gasteiger partial charge < -0.3 is 19.9 Å². The van der Waals surface area contributed by atoms with E-state index in [2.05, 4.69) is 34.1 Å². The van der Waals surface area contributed by atoms with E-state index < -0.39 is 11.9 Å². The molecule has 8 rings (SSSR count). The Hall–Kier alpha value is -3.53. The largest absolute Gasteiger partial charge is 0.469 e. The third kappa shape index (κ3) is 3.68. The predicted molar refractivity (Wildman–Crippen MR) is 158 cm³/mol. The lowest BCUT2D eigenvalue weighted by Crippen LogP contribution is -2.66. The number of halogens is 2. The molecule has 41 heavy (non-hydrogen) atoms. The highest BCUT2D eigenvalue weighted by atomic mass is 35.5. The van der Waals surface area contributed by atoms with Gasteiger partial charge in [-0.1, -0.05) is 41.9 Å². The topological polar surface area (TPSA) is 73.8 Å². The molecular formula is C31H30ClFN6O2. The van der Waals surface area contributed by atoms with Crippen LogP contribution in [0.5, 0.6) is 5.88 Å². The van der Waals surface area contributed by atoms with Crippen LogP contribution in [0.15, 0.2) is 42.6 Å². The maximum atomic E-state index is 16.7. The van der Waals surface area contributed by atoms with Crippen molar-refractivity contribution >= 4 is 50.6 Å². The van der Waals surface area contributed by atoms with E-state index in [4.69, 9.17) is 21.3 Å². The van der Waals surface area contributed by atoms with Gasteiger partial charge in [0.1, 0.15) is 29.0 Å². The van der Waals surface area contributed by atoms with Crippen molar-refractivity contribution in [3.63, 3.8) is 0 Å². The summed E-state index contributed by atoms with van der Waals surface area (Å²) in [5, 5.41) is 6.22. The lowest BCUT2D eigenvalue weighted by molar-refractivity contribution is -0.121. The van der Waals surface area contributed by atoms with Crippen LogP contribution in [-0.4, -0.2) is 78.2 Å². The minimum Gasteiger partial charge on any atom is -0.469 e. The molecule has 2 saturated heterocycles. The highest BCUT2D eigenvalue weighted by Gasteiger charge is 2.48. The number of anilines is 2. The van der Waals surface area contributed by atoms with Crippen molar-refractivity contribution in [1.29, 1.82) is 0 Å². The van der Waals surface area contributed by atoms with Gasteiger partial charge in [0.2, 0.25) is 5.88 Å². The Morgan fingerprint density at radius 1 is 1.15 bits per heavy atom. The summed E-state index contributed by atoms with van der Waals surface area (Å²) in [6.07, 6.45) is 3.51. The molecule has 2 fully saturated rings. The summed E-state index contributed by atoms with van der Waals surface area (Å²) in [6, 6.07) is 11.2. The highest BCUT2D eigenvalue weighted by molar-refractivity contribution is 6.36. The van der Waals surface area contributed by atoms with Crippen LogP contribution in [0.3, 0.4) is 0 Å². The lowest BCUT2D eigenvalue weighted by Gasteiger charge is -2.50. The van der Waals surface area contributed by atoms with Gasteiger partial charge in [-0.05, 0) is 44.8 Å². The van der Waals surface area contributed by atoms with E-state index in [9.17, 15) is 4.79 Å². The van der Waals surface area contributed by atoms with Crippen LogP contribution in [0.25, 0.3) is 32.9 Å². The average molecular weight is 573 g/mol. The molecule has 210 valence electrons. The van der Waals surface area contributed by atoms with Crippen molar-refractivity contribution in [1.82, 2.24) is 20.2 Å². The Labute approximate surface area is 242 Å². The first kappa shape index (κ1) is 25.2. The van der Waals surface area contributed by atoms with Gasteiger partial charge in [0, 0.05) is 52.7 Å². The summed E-state index contributed by atoms with van der Waals surface area (Å²) >= 11 is 6.60. The number of nitrogens with zero attached hydrogens (tertiary/aromatic N) is 5. The number of carbonyl (C=O) groups excluding carboxylic acids is 1. The Kier molecular flexibility index (Phi) is 5.68. The van der Waals surface area contributed by atoms with Crippen LogP contribution in [0.4, 0.5) is 15.8 Å². The fraction of sp³-hybridized carbons (Fsp3) is 0.387. The summed E-state index contributed by atoms with van der Waals surface area (Å²) < 4.78 is 23.3. The predicted octanol–water partition coefficient (Wildman–Crippen LogP) is 4.61. The van der Waals surface area contributed by atoms with E-state index in [-0.39, 0.29) is 35.3 Å². The van der Waals surface area contributed by atoms with Gasteiger partial charge in [0.05, 0.1) is 12.2 Å². The molecule has 0 saturated carbocycles. The van der Waals surface area contributed by atoms with Crippen molar-refractivity contribution < 1.29 is 13.9 Å². The first-order valence-electron chi connectivity index (χ1n) is 14.3. The first-order valence-corrected chi connectivity index (χ1v) is 14.7. The molecule has 0 radical (unpaired) electrons. The number of aromatic nitrogens is 2. The molecular weight excluding hydrogens is 543 g/mol. The zero-order valence-electron chi connectivity index (χ0n) is 22.9. The van der Waals surface area contributed by atoms with Crippen LogP contribution < -0.4 is 19.9 Å². The molecule has 4 aromatic rings. The number of fused-ring (bicyclic) bond motifs is 5. The molecule has 0 spiro atoms. The van der Waals surface area contributed by atoms with Crippen LogP contribution in [0, 0.1) is 5.82 Å². The van der Waals surface area contributed by atoms with Gasteiger partial charge in [0.25, 0.3) is 5.91 Å². The van der Waals surface area contributed by atoms with Crippen molar-refractivity contribution in [3.8, 4) is 17.1 Å². The first-order chi connectivity index (χ1) is 19.9. The number of carbonyl (C=O) groups is 1. The molecule has 0 bridgehead atoms. The Bertz CT molecular complexity index is 1740. The maximum Gasteiger partial charge on any atom is 0.251 e. The number of hydrogen-bond donors (Lipinski definition) is 1. The second kappa shape index (κ2) is 9.24. The normalized spacial score (nSPS) is 25.9. The summed E-state index contributed by atoms with van der Waals surface area (Å²) in [5.41, 5.74) is 2.39. The third-order valence-corrected chi connectivity index (χ3v) is 9.56. The highest BCUT2D eigenvalue weighted by Crippen LogP contribution is 2.50. The molecule has 0 unspecified atom stereocenters. The van der Waals surface area contributed by atoms with Gasteiger partial charge in [0.15, 0.2) is 5.82 Å². The quantitative estimate of drug-likeness (QED) is 0.376. The van der Waals surface area contributed by atoms with Gasteiger partial charge >= 0.3 is 0 Å². The second-order valence-electron chi connectivity index (χ2n) is 11.7. The number of benzene rings is 2. The number of hydrogen-bond acceptors (Lipinski definition) is 7. The average Bonchev–Trinajstić information content (AvgIpc) is 3.41. The maximum absolute atomic E-state index is 16.7. The van der Waals surface area contributed by atoms with Gasteiger partial charge in [-0.25, -0.2) is 9.37 Å². The summed E-state index contributed by atoms with van der Waals surface area (Å²) in [5.74, 6) is -0.182. The smallest absolute Gasteiger partial charge is 0.251 e. The fourth-order valence-electron chi connectivity index (χ4n) is 7.26. The molecule has 2 aromatic carbocycles. The number of nitrogens with one attached hydrogen (secondary N) is 1. The summed E-state index contributed by atoms with van der Waals surface area (Å²) in [7, 11) is 2.09. The molecule has 8 nitrogen and oxygen atoms in total. The minimum absolute atomic E-state index is 0.0312. The number of amides is 1. The van der Waals surface area contributed by atoms with Gasteiger partial charge in [-0.2, -0.15) is 0 Å². The standard InChI is InChI=1S/C31H30ClFN6O2/c1-16-14-38-22(13-34-16)31(40)39-15-23(21-10-5-11-37(21)2)41-30-29(39)28(38)19-12-35-26(25(33)27(19)36-30)18-8-3-6-17-7-4-9-20(32)24(17)18/h3-4,6-9,12,16,21-23,34H,5,10-11,13-15H2,1-2H3/t16-,21+,22-,23-/m1/s1. The summed E-state index contributed by atoms with van der Waals surface area (Å²) in [6.45, 7) is 4.65. The molecule has 6 heterocycles. The zero-order chi connectivity index (χ0) is 28.0. The van der Waals surface area contributed by atoms with Gasteiger partial charge in [-0.15, -0.1) is 0 Å². The number of ether oxygens (including phenoxy) is 1. The second-order valence-corrected chi connectivity index (χ2v) is 12.1. The summed E-state index contributed by atoms with van der Waals surface area (Å²) in [4.78, 5) is 29.6. The zero-order valence-corrected chi connectivity index (χ0v) is 23.7.